The van der Waals surface area contributed by atoms with Crippen LogP contribution in [0.5, 0.6) is 5.75 Å². The van der Waals surface area contributed by atoms with Crippen molar-refractivity contribution in [2.24, 2.45) is 11.8 Å². The van der Waals surface area contributed by atoms with E-state index in [1.165, 1.54) is 0 Å². The number of carbonyl (C=O) groups is 1. The van der Waals surface area contributed by atoms with E-state index in [9.17, 15) is 4.79 Å². The van der Waals surface area contributed by atoms with Gasteiger partial charge in [-0.3, -0.25) is 4.79 Å². The van der Waals surface area contributed by atoms with Crippen LogP contribution in [0, 0.1) is 11.8 Å². The van der Waals surface area contributed by atoms with Gasteiger partial charge in [0.15, 0.2) is 14.1 Å². The number of rotatable bonds is 8. The first-order valence-electron chi connectivity index (χ1n) is 10.5. The summed E-state index contributed by atoms with van der Waals surface area (Å²) in [6.07, 6.45) is 3.75. The van der Waals surface area contributed by atoms with Crippen LogP contribution in [-0.4, -0.2) is 27.8 Å². The molecule has 0 saturated heterocycles. The first kappa shape index (κ1) is 22.9. The van der Waals surface area contributed by atoms with Gasteiger partial charge in [0.1, 0.15) is 5.75 Å². The number of aryl methyl sites for hydroxylation is 1. The van der Waals surface area contributed by atoms with Crippen molar-refractivity contribution < 1.29 is 14.0 Å². The van der Waals surface area contributed by atoms with Gasteiger partial charge in [-0.05, 0) is 80.4 Å². The van der Waals surface area contributed by atoms with Crippen LogP contribution in [0.1, 0.15) is 62.9 Å². The lowest BCUT2D eigenvalue weighted by Gasteiger charge is -2.36. The number of fused-ring (bicyclic) bond motifs is 1. The molecule has 3 nitrogen and oxygen atoms in total. The maximum atomic E-state index is 13.2. The third-order valence-electron chi connectivity index (χ3n) is 6.69. The van der Waals surface area contributed by atoms with E-state index >= 15 is 0 Å². The van der Waals surface area contributed by atoms with Crippen molar-refractivity contribution in [1.29, 1.82) is 0 Å². The van der Waals surface area contributed by atoms with E-state index in [4.69, 9.17) is 9.16 Å². The molecule has 28 heavy (non-hydrogen) atoms. The molecule has 0 radical (unpaired) electrons. The van der Waals surface area contributed by atoms with Gasteiger partial charge in [0.2, 0.25) is 0 Å². The van der Waals surface area contributed by atoms with Crippen molar-refractivity contribution in [2.45, 2.75) is 71.5 Å². The van der Waals surface area contributed by atoms with Crippen molar-refractivity contribution in [3.8, 4) is 5.75 Å². The lowest BCUT2D eigenvalue weighted by Crippen LogP contribution is -2.41. The first-order chi connectivity index (χ1) is 13.0. The summed E-state index contributed by atoms with van der Waals surface area (Å²) in [5.41, 5.74) is 3.09. The van der Waals surface area contributed by atoms with Crippen LogP contribution in [0.2, 0.25) is 18.1 Å². The summed E-state index contributed by atoms with van der Waals surface area (Å²) in [5.74, 6) is 1.35. The molecule has 1 aliphatic carbocycles. The molecule has 2 atom stereocenters. The molecule has 1 aromatic carbocycles. The van der Waals surface area contributed by atoms with Crippen molar-refractivity contribution in [1.82, 2.24) is 0 Å². The molecule has 0 heterocycles. The number of allylic oxidation sites excluding steroid dienone is 1. The molecule has 0 aromatic heterocycles. The normalized spacial score (nSPS) is 18.5. The molecule has 0 bridgehead atoms. The number of ketones is 1. The molecule has 0 unspecified atom stereocenters. The Hall–Kier alpha value is -1.39. The van der Waals surface area contributed by atoms with Gasteiger partial charge in [0, 0.05) is 18.1 Å². The average Bonchev–Trinajstić information content (AvgIpc) is 2.61. The minimum absolute atomic E-state index is 0.0336. The number of hydrogen-bond donors (Lipinski definition) is 0. The van der Waals surface area contributed by atoms with Crippen molar-refractivity contribution in [3.63, 3.8) is 0 Å². The van der Waals surface area contributed by atoms with Crippen LogP contribution >= 0.6 is 0 Å². The van der Waals surface area contributed by atoms with E-state index in [0.717, 1.165) is 54.7 Å². The van der Waals surface area contributed by atoms with Gasteiger partial charge in [0.25, 0.3) is 0 Å². The Balaban J connectivity index is 2.02. The maximum absolute atomic E-state index is 13.2. The van der Waals surface area contributed by atoms with Gasteiger partial charge < -0.3 is 9.16 Å². The number of methoxy groups -OCH3 is 1. The van der Waals surface area contributed by atoms with Crippen LogP contribution in [0.3, 0.4) is 0 Å². The highest BCUT2D eigenvalue weighted by atomic mass is 28.4. The van der Waals surface area contributed by atoms with Gasteiger partial charge in [0.05, 0.1) is 7.11 Å². The molecular formula is C24H38O3Si. The van der Waals surface area contributed by atoms with Crippen molar-refractivity contribution in [2.75, 3.05) is 13.7 Å². The zero-order chi connectivity index (χ0) is 21.1. The third-order valence-corrected chi connectivity index (χ3v) is 11.2. The Morgan fingerprint density at radius 3 is 2.57 bits per heavy atom. The molecule has 4 heteroatoms. The fourth-order valence-corrected chi connectivity index (χ4v) is 4.90. The van der Waals surface area contributed by atoms with E-state index < -0.39 is 8.32 Å². The third kappa shape index (κ3) is 5.15. The molecule has 0 aliphatic heterocycles. The topological polar surface area (TPSA) is 35.5 Å². The number of hydrogen-bond acceptors (Lipinski definition) is 3. The van der Waals surface area contributed by atoms with Crippen LogP contribution in [0.25, 0.3) is 0 Å². The zero-order valence-electron chi connectivity index (χ0n) is 18.9. The van der Waals surface area contributed by atoms with Crippen LogP contribution < -0.4 is 4.74 Å². The highest BCUT2D eigenvalue weighted by Crippen LogP contribution is 2.38. The Kier molecular flexibility index (Phi) is 7.32. The van der Waals surface area contributed by atoms with E-state index in [0.29, 0.717) is 0 Å². The molecule has 2 rings (SSSR count). The fourth-order valence-electron chi connectivity index (χ4n) is 3.81. The maximum Gasteiger partial charge on any atom is 0.191 e. The van der Waals surface area contributed by atoms with Crippen molar-refractivity contribution in [3.05, 3.63) is 41.5 Å². The SMILES string of the molecule is C=C(C)[C@H](CCCO[Si](C)(C)C(C)(C)C)[C@H]1CCc2cc(OC)ccc2C1=O. The second kappa shape index (κ2) is 8.96. The summed E-state index contributed by atoms with van der Waals surface area (Å²) in [6.45, 7) is 18.4. The van der Waals surface area contributed by atoms with E-state index in [1.807, 2.05) is 18.2 Å². The summed E-state index contributed by atoms with van der Waals surface area (Å²) in [5, 5.41) is 0.227. The Morgan fingerprint density at radius 1 is 1.32 bits per heavy atom. The fraction of sp³-hybridized carbons (Fsp3) is 0.625. The molecule has 156 valence electrons. The van der Waals surface area contributed by atoms with Gasteiger partial charge >= 0.3 is 0 Å². The Morgan fingerprint density at radius 2 is 2.00 bits per heavy atom. The van der Waals surface area contributed by atoms with Gasteiger partial charge in [-0.15, -0.1) is 0 Å². The Bertz CT molecular complexity index is 715. The van der Waals surface area contributed by atoms with E-state index in [1.54, 1.807) is 7.11 Å². The monoisotopic (exact) mass is 402 g/mol. The molecule has 1 aromatic rings. The highest BCUT2D eigenvalue weighted by Gasteiger charge is 2.37. The van der Waals surface area contributed by atoms with Crippen molar-refractivity contribution >= 4 is 14.1 Å². The number of carbonyl (C=O) groups excluding carboxylic acids is 1. The minimum atomic E-state index is -1.71. The molecule has 0 spiro atoms. The molecular weight excluding hydrogens is 364 g/mol. The summed E-state index contributed by atoms with van der Waals surface area (Å²) in [7, 11) is -0.0500. The Labute approximate surface area is 172 Å². The lowest BCUT2D eigenvalue weighted by molar-refractivity contribution is 0.0855. The summed E-state index contributed by atoms with van der Waals surface area (Å²) >= 11 is 0. The molecule has 0 amide bonds. The van der Waals surface area contributed by atoms with E-state index in [2.05, 4.69) is 47.4 Å². The molecule has 0 saturated carbocycles. The number of ether oxygens (including phenoxy) is 1. The quantitative estimate of drug-likeness (QED) is 0.285. The predicted molar refractivity (Wildman–Crippen MR) is 120 cm³/mol. The number of benzene rings is 1. The predicted octanol–water partition coefficient (Wildman–Crippen LogP) is 6.43. The minimum Gasteiger partial charge on any atom is -0.497 e. The van der Waals surface area contributed by atoms with Gasteiger partial charge in [-0.25, -0.2) is 0 Å². The summed E-state index contributed by atoms with van der Waals surface area (Å²) in [6, 6.07) is 5.83. The molecule has 0 fully saturated rings. The number of Topliss-reactive ketones (excluding diaryl/α,β-unsaturated/α-hetero) is 1. The standard InChI is InChI=1S/C24H38O3Si/c1-17(2)20(10-9-15-27-28(7,8)24(3,4)5)22-13-11-18-16-19(26-6)12-14-21(18)23(22)25/h12,14,16,20,22H,1,9-11,13,15H2,2-8H3/t20-,22+/m0/s1. The van der Waals surface area contributed by atoms with E-state index in [-0.39, 0.29) is 22.7 Å². The van der Waals surface area contributed by atoms with Crippen LogP contribution in [-0.2, 0) is 10.8 Å². The van der Waals surface area contributed by atoms with Gasteiger partial charge in [-0.1, -0.05) is 32.9 Å². The smallest absolute Gasteiger partial charge is 0.191 e. The second-order valence-electron chi connectivity index (χ2n) is 9.74. The first-order valence-corrected chi connectivity index (χ1v) is 13.4. The van der Waals surface area contributed by atoms with Crippen LogP contribution in [0.4, 0.5) is 0 Å². The lowest BCUT2D eigenvalue weighted by atomic mass is 9.72. The highest BCUT2D eigenvalue weighted by molar-refractivity contribution is 6.74. The zero-order valence-corrected chi connectivity index (χ0v) is 19.9. The summed E-state index contributed by atoms with van der Waals surface area (Å²) in [4.78, 5) is 13.2. The molecule has 0 N–H and O–H groups in total. The largest absolute Gasteiger partial charge is 0.497 e. The average molecular weight is 403 g/mol. The van der Waals surface area contributed by atoms with Gasteiger partial charge in [-0.2, -0.15) is 0 Å². The second-order valence-corrected chi connectivity index (χ2v) is 14.5. The summed E-state index contributed by atoms with van der Waals surface area (Å²) < 4.78 is 11.6. The molecule has 1 aliphatic rings. The van der Waals surface area contributed by atoms with Crippen LogP contribution in [0.15, 0.2) is 30.4 Å².